The predicted molar refractivity (Wildman–Crippen MR) is 101 cm³/mol. The number of rotatable bonds is 5. The highest BCUT2D eigenvalue weighted by Gasteiger charge is 2.20. The molecule has 0 unspecified atom stereocenters. The van der Waals surface area contributed by atoms with Crippen LogP contribution < -0.4 is 10.0 Å². The lowest BCUT2D eigenvalue weighted by atomic mass is 10.1. The number of aryl methyl sites for hydroxylation is 2. The van der Waals surface area contributed by atoms with E-state index < -0.39 is 15.9 Å². The summed E-state index contributed by atoms with van der Waals surface area (Å²) in [5.74, 6) is -0.450. The van der Waals surface area contributed by atoms with Gasteiger partial charge in [-0.15, -0.1) is 10.2 Å². The van der Waals surface area contributed by atoms with Crippen LogP contribution in [0, 0.1) is 13.8 Å². The van der Waals surface area contributed by atoms with Crippen molar-refractivity contribution in [2.75, 3.05) is 10.0 Å². The minimum Gasteiger partial charge on any atom is -0.296 e. The van der Waals surface area contributed by atoms with Gasteiger partial charge in [-0.05, 0) is 49.2 Å². The Balaban J connectivity index is 1.90. The van der Waals surface area contributed by atoms with E-state index in [-0.39, 0.29) is 10.5 Å². The van der Waals surface area contributed by atoms with Crippen LogP contribution in [0.15, 0.2) is 52.9 Å². The van der Waals surface area contributed by atoms with E-state index in [0.717, 1.165) is 5.56 Å². The van der Waals surface area contributed by atoms with E-state index in [0.29, 0.717) is 16.4 Å². The molecular formula is C17H16N4O3S2. The molecule has 9 heteroatoms. The van der Waals surface area contributed by atoms with Crippen LogP contribution in [-0.2, 0) is 10.0 Å². The van der Waals surface area contributed by atoms with Crippen molar-refractivity contribution in [2.45, 2.75) is 18.7 Å². The number of carbonyl (C=O) groups is 1. The summed E-state index contributed by atoms with van der Waals surface area (Å²) in [6.07, 6.45) is 0. The molecule has 2 aromatic carbocycles. The smallest absolute Gasteiger partial charge is 0.262 e. The Morgan fingerprint density at radius 2 is 1.92 bits per heavy atom. The molecule has 0 fully saturated rings. The minimum atomic E-state index is -3.83. The fraction of sp³-hybridized carbons (Fsp3) is 0.118. The molecule has 7 nitrogen and oxygen atoms in total. The molecule has 0 saturated heterocycles. The number of hydrogen-bond acceptors (Lipinski definition) is 6. The number of sulfonamides is 1. The lowest BCUT2D eigenvalue weighted by molar-refractivity contribution is 0.102. The summed E-state index contributed by atoms with van der Waals surface area (Å²) in [6, 6.07) is 11.6. The van der Waals surface area contributed by atoms with Crippen molar-refractivity contribution in [1.29, 1.82) is 0 Å². The van der Waals surface area contributed by atoms with Gasteiger partial charge in [0.15, 0.2) is 0 Å². The number of hydrogen-bond donors (Lipinski definition) is 2. The van der Waals surface area contributed by atoms with Crippen molar-refractivity contribution in [3.8, 4) is 0 Å². The van der Waals surface area contributed by atoms with Crippen molar-refractivity contribution >= 4 is 38.1 Å². The first-order valence-electron chi connectivity index (χ1n) is 7.63. The maximum atomic E-state index is 12.8. The average molecular weight is 388 g/mol. The second-order valence-corrected chi connectivity index (χ2v) is 8.14. The molecule has 0 aliphatic rings. The molecule has 26 heavy (non-hydrogen) atoms. The van der Waals surface area contributed by atoms with E-state index in [1.807, 2.05) is 13.0 Å². The number of benzene rings is 2. The highest BCUT2D eigenvalue weighted by molar-refractivity contribution is 7.92. The quantitative estimate of drug-likeness (QED) is 0.699. The number of aromatic nitrogens is 2. The third kappa shape index (κ3) is 4.06. The van der Waals surface area contributed by atoms with Crippen LogP contribution in [0.3, 0.4) is 0 Å². The largest absolute Gasteiger partial charge is 0.296 e. The summed E-state index contributed by atoms with van der Waals surface area (Å²) in [5.41, 5.74) is 3.65. The third-order valence-electron chi connectivity index (χ3n) is 3.59. The zero-order valence-corrected chi connectivity index (χ0v) is 15.7. The molecule has 0 aliphatic carbocycles. The summed E-state index contributed by atoms with van der Waals surface area (Å²) < 4.78 is 28.1. The van der Waals surface area contributed by atoms with Crippen LogP contribution in [0.1, 0.15) is 21.5 Å². The monoisotopic (exact) mass is 388 g/mol. The molecule has 1 amide bonds. The highest BCUT2D eigenvalue weighted by atomic mass is 32.2. The van der Waals surface area contributed by atoms with E-state index in [4.69, 9.17) is 0 Å². The Labute approximate surface area is 155 Å². The lowest BCUT2D eigenvalue weighted by Gasteiger charge is -2.12. The predicted octanol–water partition coefficient (Wildman–Crippen LogP) is 3.21. The fourth-order valence-corrected chi connectivity index (χ4v) is 4.11. The van der Waals surface area contributed by atoms with Crippen molar-refractivity contribution < 1.29 is 13.2 Å². The number of amides is 1. The van der Waals surface area contributed by atoms with E-state index in [1.54, 1.807) is 37.3 Å². The first-order chi connectivity index (χ1) is 12.3. The van der Waals surface area contributed by atoms with Gasteiger partial charge in [-0.1, -0.05) is 29.5 Å². The summed E-state index contributed by atoms with van der Waals surface area (Å²) in [7, 11) is -3.83. The molecule has 3 aromatic rings. The first-order valence-corrected chi connectivity index (χ1v) is 9.99. The van der Waals surface area contributed by atoms with Crippen LogP contribution >= 0.6 is 11.3 Å². The number of nitrogens with one attached hydrogen (secondary N) is 2. The van der Waals surface area contributed by atoms with Gasteiger partial charge < -0.3 is 0 Å². The molecule has 134 valence electrons. The molecule has 0 aliphatic heterocycles. The van der Waals surface area contributed by atoms with Gasteiger partial charge in [0.1, 0.15) is 5.51 Å². The standard InChI is InChI=1S/C17H16N4O3S2/c1-11-4-3-5-14(8-11)21-26(23,24)15-9-13(7-6-12(15)2)16(22)19-17-20-18-10-25-17/h3-10,21H,1-2H3,(H,19,20,22). The summed E-state index contributed by atoms with van der Waals surface area (Å²) in [6.45, 7) is 3.55. The summed E-state index contributed by atoms with van der Waals surface area (Å²) >= 11 is 1.18. The van der Waals surface area contributed by atoms with E-state index in [2.05, 4.69) is 20.2 Å². The van der Waals surface area contributed by atoms with E-state index in [1.165, 1.54) is 22.9 Å². The number of nitrogens with zero attached hydrogens (tertiary/aromatic N) is 2. The number of anilines is 2. The van der Waals surface area contributed by atoms with E-state index in [9.17, 15) is 13.2 Å². The van der Waals surface area contributed by atoms with Crippen LogP contribution in [0.2, 0.25) is 0 Å². The van der Waals surface area contributed by atoms with Crippen molar-refractivity contribution in [2.24, 2.45) is 0 Å². The Morgan fingerprint density at radius 1 is 1.12 bits per heavy atom. The van der Waals surface area contributed by atoms with Gasteiger partial charge in [0.25, 0.3) is 15.9 Å². The van der Waals surface area contributed by atoms with Crippen LogP contribution in [0.25, 0.3) is 0 Å². The molecule has 0 bridgehead atoms. The van der Waals surface area contributed by atoms with Crippen molar-refractivity contribution in [3.05, 3.63) is 64.7 Å². The van der Waals surface area contributed by atoms with Gasteiger partial charge in [-0.2, -0.15) is 0 Å². The zero-order chi connectivity index (χ0) is 18.7. The zero-order valence-electron chi connectivity index (χ0n) is 14.1. The van der Waals surface area contributed by atoms with Gasteiger partial charge in [-0.25, -0.2) is 8.42 Å². The fourth-order valence-electron chi connectivity index (χ4n) is 2.35. The van der Waals surface area contributed by atoms with Crippen molar-refractivity contribution in [3.63, 3.8) is 0 Å². The Hall–Kier alpha value is -2.78. The summed E-state index contributed by atoms with van der Waals surface area (Å²) in [4.78, 5) is 12.4. The lowest BCUT2D eigenvalue weighted by Crippen LogP contribution is -2.17. The molecule has 0 spiro atoms. The molecule has 3 rings (SSSR count). The van der Waals surface area contributed by atoms with Gasteiger partial charge in [0, 0.05) is 11.3 Å². The summed E-state index contributed by atoms with van der Waals surface area (Å²) in [5, 5.41) is 10.3. The Morgan fingerprint density at radius 3 is 2.62 bits per heavy atom. The normalized spacial score (nSPS) is 11.2. The molecular weight excluding hydrogens is 372 g/mol. The molecule has 0 atom stereocenters. The maximum Gasteiger partial charge on any atom is 0.262 e. The highest BCUT2D eigenvalue weighted by Crippen LogP contribution is 2.22. The molecule has 2 N–H and O–H groups in total. The second kappa shape index (κ2) is 7.22. The number of carbonyl (C=O) groups excluding carboxylic acids is 1. The van der Waals surface area contributed by atoms with Gasteiger partial charge in [0.2, 0.25) is 5.13 Å². The van der Waals surface area contributed by atoms with Crippen LogP contribution in [-0.4, -0.2) is 24.5 Å². The minimum absolute atomic E-state index is 0.0453. The molecule has 0 radical (unpaired) electrons. The topological polar surface area (TPSA) is 101 Å². The molecule has 1 heterocycles. The Kier molecular flexibility index (Phi) is 5.01. The second-order valence-electron chi connectivity index (χ2n) is 5.65. The average Bonchev–Trinajstić information content (AvgIpc) is 3.07. The van der Waals surface area contributed by atoms with Crippen molar-refractivity contribution in [1.82, 2.24) is 10.2 Å². The van der Waals surface area contributed by atoms with Crippen LogP contribution in [0.4, 0.5) is 10.8 Å². The van der Waals surface area contributed by atoms with Gasteiger partial charge in [0.05, 0.1) is 4.90 Å². The van der Waals surface area contributed by atoms with Crippen LogP contribution in [0.5, 0.6) is 0 Å². The SMILES string of the molecule is Cc1cccc(NS(=O)(=O)c2cc(C(=O)Nc3nncs3)ccc2C)c1. The Bertz CT molecular complexity index is 1050. The van der Waals surface area contributed by atoms with Gasteiger partial charge >= 0.3 is 0 Å². The first kappa shape index (κ1) is 18.0. The molecule has 0 saturated carbocycles. The molecule has 1 aromatic heterocycles. The van der Waals surface area contributed by atoms with E-state index >= 15 is 0 Å². The maximum absolute atomic E-state index is 12.8. The van der Waals surface area contributed by atoms with Gasteiger partial charge in [-0.3, -0.25) is 14.8 Å². The third-order valence-corrected chi connectivity index (χ3v) is 5.72.